The number of morpholine rings is 1. The maximum absolute atomic E-state index is 13.5. The number of halogens is 1. The number of fused-ring (bicyclic) bond motifs is 2. The van der Waals surface area contributed by atoms with Crippen molar-refractivity contribution in [3.63, 3.8) is 0 Å². The highest BCUT2D eigenvalue weighted by molar-refractivity contribution is 6.31. The van der Waals surface area contributed by atoms with E-state index in [4.69, 9.17) is 20.8 Å². The Morgan fingerprint density at radius 3 is 2.50 bits per heavy atom. The first-order valence-corrected chi connectivity index (χ1v) is 11.4. The smallest absolute Gasteiger partial charge is 0.290 e. The number of carbonyl (C=O) groups excluding carboxylic acids is 1. The molecule has 0 bridgehead atoms. The van der Waals surface area contributed by atoms with Gasteiger partial charge in [-0.15, -0.1) is 0 Å². The first kappa shape index (κ1) is 22.5. The summed E-state index contributed by atoms with van der Waals surface area (Å²) in [5.41, 5.74) is 0.743. The van der Waals surface area contributed by atoms with E-state index in [1.807, 2.05) is 0 Å². The molecule has 0 spiro atoms. The number of nitro groups is 1. The molecule has 2 aliphatic heterocycles. The molecule has 0 saturated carbocycles. The molecule has 176 valence electrons. The van der Waals surface area contributed by atoms with Crippen molar-refractivity contribution in [2.75, 3.05) is 39.4 Å². The van der Waals surface area contributed by atoms with E-state index in [-0.39, 0.29) is 28.3 Å². The van der Waals surface area contributed by atoms with Gasteiger partial charge in [-0.2, -0.15) is 0 Å². The van der Waals surface area contributed by atoms with Crippen LogP contribution >= 0.6 is 11.6 Å². The maximum atomic E-state index is 13.5. The molecule has 0 aliphatic carbocycles. The average molecular weight is 484 g/mol. The number of non-ortho nitro benzene ring substituents is 1. The molecular formula is C24H22ClN3O6. The van der Waals surface area contributed by atoms with E-state index in [0.717, 1.165) is 19.6 Å². The third kappa shape index (κ3) is 4.06. The number of hydrogen-bond acceptors (Lipinski definition) is 7. The summed E-state index contributed by atoms with van der Waals surface area (Å²) in [7, 11) is 0. The fraction of sp³-hybridized carbons (Fsp3) is 0.333. The van der Waals surface area contributed by atoms with Crippen molar-refractivity contribution in [1.82, 2.24) is 9.80 Å². The number of nitrogens with zero attached hydrogens (tertiary/aromatic N) is 3. The summed E-state index contributed by atoms with van der Waals surface area (Å²) in [5.74, 6) is -0.358. The van der Waals surface area contributed by atoms with Crippen LogP contribution in [0.15, 0.2) is 51.7 Å². The van der Waals surface area contributed by atoms with Crippen molar-refractivity contribution < 1.29 is 18.9 Å². The van der Waals surface area contributed by atoms with Gasteiger partial charge in [-0.05, 0) is 42.3 Å². The zero-order chi connectivity index (χ0) is 23.8. The van der Waals surface area contributed by atoms with E-state index in [1.54, 1.807) is 29.2 Å². The molecule has 1 saturated heterocycles. The standard InChI is InChI=1S/C24H22ClN3O6/c25-16-4-7-19-18(14-16)22(29)20-21(15-2-5-17(6-3-15)28(31)32)27(24(30)23(20)34-19)9-1-8-26-10-12-33-13-11-26/h2-7,14,21H,1,8-13H2/t21-/m0/s1. The van der Waals surface area contributed by atoms with Gasteiger partial charge in [0.25, 0.3) is 11.6 Å². The molecule has 2 aliphatic rings. The van der Waals surface area contributed by atoms with E-state index in [1.165, 1.54) is 18.2 Å². The number of rotatable bonds is 6. The van der Waals surface area contributed by atoms with E-state index in [2.05, 4.69) is 4.90 Å². The Kier molecular flexibility index (Phi) is 6.07. The summed E-state index contributed by atoms with van der Waals surface area (Å²) in [5, 5.41) is 11.8. The highest BCUT2D eigenvalue weighted by Gasteiger charge is 2.42. The van der Waals surface area contributed by atoms with Crippen LogP contribution in [0.4, 0.5) is 5.69 Å². The number of amides is 1. The predicted molar refractivity (Wildman–Crippen MR) is 125 cm³/mol. The first-order valence-electron chi connectivity index (χ1n) is 11.1. The molecule has 3 heterocycles. The van der Waals surface area contributed by atoms with Gasteiger partial charge >= 0.3 is 0 Å². The summed E-state index contributed by atoms with van der Waals surface area (Å²) in [6, 6.07) is 9.94. The number of nitro benzene ring substituents is 1. The summed E-state index contributed by atoms with van der Waals surface area (Å²) >= 11 is 6.11. The van der Waals surface area contributed by atoms with Gasteiger partial charge in [0.15, 0.2) is 5.43 Å². The number of ether oxygens (including phenoxy) is 1. The van der Waals surface area contributed by atoms with Gasteiger partial charge in [0.05, 0.1) is 35.1 Å². The molecule has 2 aromatic carbocycles. The zero-order valence-electron chi connectivity index (χ0n) is 18.2. The van der Waals surface area contributed by atoms with Crippen molar-refractivity contribution in [1.29, 1.82) is 0 Å². The van der Waals surface area contributed by atoms with Crippen LogP contribution < -0.4 is 5.43 Å². The molecule has 5 rings (SSSR count). The van der Waals surface area contributed by atoms with Crippen LogP contribution in [0.5, 0.6) is 0 Å². The fourth-order valence-corrected chi connectivity index (χ4v) is 4.81. The minimum Gasteiger partial charge on any atom is -0.450 e. The van der Waals surface area contributed by atoms with Crippen LogP contribution in [-0.4, -0.2) is 60.0 Å². The van der Waals surface area contributed by atoms with Crippen molar-refractivity contribution in [3.8, 4) is 0 Å². The lowest BCUT2D eigenvalue weighted by Crippen LogP contribution is -2.38. The van der Waals surface area contributed by atoms with Crippen LogP contribution in [0.2, 0.25) is 5.02 Å². The molecule has 1 aromatic heterocycles. The minimum absolute atomic E-state index is 0.00884. The Morgan fingerprint density at radius 2 is 1.79 bits per heavy atom. The monoisotopic (exact) mass is 483 g/mol. The van der Waals surface area contributed by atoms with Gasteiger partial charge < -0.3 is 14.1 Å². The Labute approximate surface area is 199 Å². The molecule has 10 heteroatoms. The van der Waals surface area contributed by atoms with Crippen LogP contribution in [0, 0.1) is 10.1 Å². The Balaban J connectivity index is 1.54. The predicted octanol–water partition coefficient (Wildman–Crippen LogP) is 3.62. The van der Waals surface area contributed by atoms with Gasteiger partial charge in [-0.25, -0.2) is 0 Å². The molecule has 9 nitrogen and oxygen atoms in total. The second kappa shape index (κ2) is 9.17. The van der Waals surface area contributed by atoms with Crippen molar-refractivity contribution in [2.24, 2.45) is 0 Å². The lowest BCUT2D eigenvalue weighted by molar-refractivity contribution is -0.384. The molecule has 3 aromatic rings. The third-order valence-corrected chi connectivity index (χ3v) is 6.56. The lowest BCUT2D eigenvalue weighted by Gasteiger charge is -2.29. The first-order chi connectivity index (χ1) is 16.4. The Morgan fingerprint density at radius 1 is 1.06 bits per heavy atom. The quantitative estimate of drug-likeness (QED) is 0.389. The fourth-order valence-electron chi connectivity index (χ4n) is 4.64. The summed E-state index contributed by atoms with van der Waals surface area (Å²) in [4.78, 5) is 41.5. The van der Waals surface area contributed by atoms with Gasteiger partial charge in [0.1, 0.15) is 5.58 Å². The van der Waals surface area contributed by atoms with Crippen LogP contribution in [-0.2, 0) is 4.74 Å². The van der Waals surface area contributed by atoms with Crippen LogP contribution in [0.25, 0.3) is 11.0 Å². The highest BCUT2D eigenvalue weighted by atomic mass is 35.5. The van der Waals surface area contributed by atoms with E-state index >= 15 is 0 Å². The zero-order valence-corrected chi connectivity index (χ0v) is 19.0. The van der Waals surface area contributed by atoms with Gasteiger partial charge in [-0.3, -0.25) is 24.6 Å². The number of carbonyl (C=O) groups is 1. The third-order valence-electron chi connectivity index (χ3n) is 6.32. The molecule has 1 amide bonds. The topological polar surface area (TPSA) is 106 Å². The summed E-state index contributed by atoms with van der Waals surface area (Å²) < 4.78 is 11.3. The molecule has 0 radical (unpaired) electrons. The lowest BCUT2D eigenvalue weighted by atomic mass is 9.98. The Hall–Kier alpha value is -3.27. The number of hydrogen-bond donors (Lipinski definition) is 0. The number of benzene rings is 2. The van der Waals surface area contributed by atoms with Crippen LogP contribution in [0.1, 0.15) is 34.1 Å². The van der Waals surface area contributed by atoms with Gasteiger partial charge in [0.2, 0.25) is 5.76 Å². The van der Waals surface area contributed by atoms with E-state index < -0.39 is 11.0 Å². The molecule has 34 heavy (non-hydrogen) atoms. The minimum atomic E-state index is -0.701. The summed E-state index contributed by atoms with van der Waals surface area (Å²) in [6.07, 6.45) is 0.697. The molecule has 1 fully saturated rings. The highest BCUT2D eigenvalue weighted by Crippen LogP contribution is 2.39. The average Bonchev–Trinajstić information content (AvgIpc) is 3.12. The van der Waals surface area contributed by atoms with Crippen molar-refractivity contribution >= 4 is 34.2 Å². The van der Waals surface area contributed by atoms with Crippen molar-refractivity contribution in [3.05, 3.63) is 84.7 Å². The van der Waals surface area contributed by atoms with Gasteiger partial charge in [-0.1, -0.05) is 11.6 Å². The van der Waals surface area contributed by atoms with E-state index in [0.29, 0.717) is 47.7 Å². The molecule has 0 N–H and O–H groups in total. The SMILES string of the molecule is O=C1c2oc3ccc(Cl)cc3c(=O)c2[C@H](c2ccc([N+](=O)[O-])cc2)N1CCCN1CCOCC1. The molecule has 0 unspecified atom stereocenters. The second-order valence-electron chi connectivity index (χ2n) is 8.37. The maximum Gasteiger partial charge on any atom is 0.290 e. The summed E-state index contributed by atoms with van der Waals surface area (Å²) in [6.45, 7) is 4.24. The molecular weight excluding hydrogens is 462 g/mol. The Bertz CT molecular complexity index is 1320. The van der Waals surface area contributed by atoms with Gasteiger partial charge in [0, 0.05) is 43.3 Å². The van der Waals surface area contributed by atoms with Crippen molar-refractivity contribution in [2.45, 2.75) is 12.5 Å². The largest absolute Gasteiger partial charge is 0.450 e. The molecule has 1 atom stereocenters. The van der Waals surface area contributed by atoms with Crippen LogP contribution in [0.3, 0.4) is 0 Å². The van der Waals surface area contributed by atoms with E-state index in [9.17, 15) is 19.7 Å². The second-order valence-corrected chi connectivity index (χ2v) is 8.81. The normalized spacial score (nSPS) is 18.4.